The lowest BCUT2D eigenvalue weighted by Gasteiger charge is -2.46. The van der Waals surface area contributed by atoms with E-state index < -0.39 is 5.60 Å². The molecular formula is C15H30N2O3. The molecule has 0 aromatic heterocycles. The Morgan fingerprint density at radius 2 is 2.05 bits per heavy atom. The molecule has 1 unspecified atom stereocenters. The van der Waals surface area contributed by atoms with Gasteiger partial charge in [0, 0.05) is 11.6 Å². The molecule has 1 fully saturated rings. The molecular weight excluding hydrogens is 256 g/mol. The topological polar surface area (TPSA) is 70.6 Å². The molecule has 0 aliphatic heterocycles. The van der Waals surface area contributed by atoms with E-state index in [2.05, 4.69) is 10.6 Å². The van der Waals surface area contributed by atoms with Crippen LogP contribution >= 0.6 is 0 Å². The number of carbonyl (C=O) groups excluding carboxylic acids is 1. The summed E-state index contributed by atoms with van der Waals surface area (Å²) in [5, 5.41) is 15.6. The molecule has 1 amide bonds. The standard InChI is InChI=1S/C15H30N2O3/c1-11(18)7-6-8-16-12-9-15(5,10-12)17-13(19)20-14(2,3)4/h11-12,16,18H,6-10H2,1-5H3,(H,17,19). The normalized spacial score (nSPS) is 27.6. The van der Waals surface area contributed by atoms with Gasteiger partial charge in [0.25, 0.3) is 0 Å². The van der Waals surface area contributed by atoms with Crippen molar-refractivity contribution >= 4 is 6.09 Å². The van der Waals surface area contributed by atoms with Crippen molar-refractivity contribution < 1.29 is 14.6 Å². The van der Waals surface area contributed by atoms with Gasteiger partial charge in [0.15, 0.2) is 0 Å². The number of aliphatic hydroxyl groups excluding tert-OH is 1. The van der Waals surface area contributed by atoms with Crippen molar-refractivity contribution in [3.63, 3.8) is 0 Å². The van der Waals surface area contributed by atoms with Crippen LogP contribution in [0.5, 0.6) is 0 Å². The third kappa shape index (κ3) is 6.57. The molecule has 5 nitrogen and oxygen atoms in total. The monoisotopic (exact) mass is 286 g/mol. The third-order valence-corrected chi connectivity index (χ3v) is 3.43. The largest absolute Gasteiger partial charge is 0.444 e. The second-order valence-electron chi connectivity index (χ2n) is 7.24. The Morgan fingerprint density at radius 1 is 1.45 bits per heavy atom. The number of hydrogen-bond acceptors (Lipinski definition) is 4. The smallest absolute Gasteiger partial charge is 0.408 e. The summed E-state index contributed by atoms with van der Waals surface area (Å²) in [6.07, 6.45) is 3.07. The van der Waals surface area contributed by atoms with Gasteiger partial charge in [0.2, 0.25) is 0 Å². The van der Waals surface area contributed by atoms with E-state index in [0.29, 0.717) is 6.04 Å². The van der Waals surface area contributed by atoms with Gasteiger partial charge in [-0.05, 0) is 66.8 Å². The lowest BCUT2D eigenvalue weighted by Crippen LogP contribution is -2.61. The van der Waals surface area contributed by atoms with Gasteiger partial charge in [-0.15, -0.1) is 0 Å². The molecule has 0 spiro atoms. The van der Waals surface area contributed by atoms with E-state index in [9.17, 15) is 9.90 Å². The van der Waals surface area contributed by atoms with Crippen LogP contribution in [0.25, 0.3) is 0 Å². The zero-order chi connectivity index (χ0) is 15.4. The summed E-state index contributed by atoms with van der Waals surface area (Å²) in [7, 11) is 0. The van der Waals surface area contributed by atoms with Gasteiger partial charge in [-0.25, -0.2) is 4.79 Å². The van der Waals surface area contributed by atoms with Crippen LogP contribution in [0.3, 0.4) is 0 Å². The predicted molar refractivity (Wildman–Crippen MR) is 79.7 cm³/mol. The van der Waals surface area contributed by atoms with Gasteiger partial charge >= 0.3 is 6.09 Å². The Morgan fingerprint density at radius 3 is 2.55 bits per heavy atom. The highest BCUT2D eigenvalue weighted by atomic mass is 16.6. The van der Waals surface area contributed by atoms with E-state index in [4.69, 9.17) is 4.74 Å². The lowest BCUT2D eigenvalue weighted by molar-refractivity contribution is 0.0365. The number of ether oxygens (including phenoxy) is 1. The SMILES string of the molecule is CC(O)CCCNC1CC(C)(NC(=O)OC(C)(C)C)C1. The van der Waals surface area contributed by atoms with Crippen molar-refractivity contribution in [1.82, 2.24) is 10.6 Å². The maximum Gasteiger partial charge on any atom is 0.408 e. The van der Waals surface area contributed by atoms with Gasteiger partial charge in [0.05, 0.1) is 6.10 Å². The fraction of sp³-hybridized carbons (Fsp3) is 0.933. The first-order valence-electron chi connectivity index (χ1n) is 7.52. The molecule has 5 heteroatoms. The number of rotatable bonds is 6. The first kappa shape index (κ1) is 17.2. The minimum Gasteiger partial charge on any atom is -0.444 e. The molecule has 1 saturated carbocycles. The molecule has 1 rings (SSSR count). The van der Waals surface area contributed by atoms with E-state index in [1.54, 1.807) is 0 Å². The fourth-order valence-electron chi connectivity index (χ4n) is 2.53. The van der Waals surface area contributed by atoms with Crippen LogP contribution in [0.1, 0.15) is 60.3 Å². The number of carbonyl (C=O) groups is 1. The van der Waals surface area contributed by atoms with Gasteiger partial charge in [-0.1, -0.05) is 0 Å². The number of amides is 1. The van der Waals surface area contributed by atoms with Gasteiger partial charge in [0.1, 0.15) is 5.60 Å². The molecule has 0 saturated heterocycles. The highest BCUT2D eigenvalue weighted by Crippen LogP contribution is 2.32. The maximum atomic E-state index is 11.7. The molecule has 0 radical (unpaired) electrons. The predicted octanol–water partition coefficient (Wildman–Crippen LogP) is 2.18. The van der Waals surface area contributed by atoms with Gasteiger partial charge < -0.3 is 20.5 Å². The average Bonchev–Trinajstić information content (AvgIpc) is 2.18. The van der Waals surface area contributed by atoms with E-state index in [1.165, 1.54) is 0 Å². The van der Waals surface area contributed by atoms with E-state index in [0.717, 1.165) is 32.2 Å². The van der Waals surface area contributed by atoms with Crippen LogP contribution in [0, 0.1) is 0 Å². The molecule has 0 bridgehead atoms. The summed E-state index contributed by atoms with van der Waals surface area (Å²) >= 11 is 0. The summed E-state index contributed by atoms with van der Waals surface area (Å²) in [4.78, 5) is 11.7. The Labute approximate surface area is 122 Å². The minimum absolute atomic E-state index is 0.162. The molecule has 0 heterocycles. The van der Waals surface area contributed by atoms with Crippen LogP contribution in [0.2, 0.25) is 0 Å². The summed E-state index contributed by atoms with van der Waals surface area (Å²) in [5.41, 5.74) is -0.618. The lowest BCUT2D eigenvalue weighted by atomic mass is 9.74. The number of hydrogen-bond donors (Lipinski definition) is 3. The summed E-state index contributed by atoms with van der Waals surface area (Å²) < 4.78 is 5.27. The Kier molecular flexibility index (Phi) is 5.83. The van der Waals surface area contributed by atoms with Crippen molar-refractivity contribution in [2.75, 3.05) is 6.54 Å². The molecule has 1 atom stereocenters. The van der Waals surface area contributed by atoms with Crippen LogP contribution in [-0.2, 0) is 4.74 Å². The van der Waals surface area contributed by atoms with Crippen LogP contribution in [0.15, 0.2) is 0 Å². The first-order valence-corrected chi connectivity index (χ1v) is 7.52. The summed E-state index contributed by atoms with van der Waals surface area (Å²) in [5.74, 6) is 0. The van der Waals surface area contributed by atoms with Crippen molar-refractivity contribution in [3.8, 4) is 0 Å². The van der Waals surface area contributed by atoms with E-state index in [1.807, 2.05) is 34.6 Å². The highest BCUT2D eigenvalue weighted by molar-refractivity contribution is 5.69. The van der Waals surface area contributed by atoms with Crippen LogP contribution < -0.4 is 10.6 Å². The van der Waals surface area contributed by atoms with E-state index in [-0.39, 0.29) is 17.7 Å². The molecule has 0 aromatic carbocycles. The number of alkyl carbamates (subject to hydrolysis) is 1. The van der Waals surface area contributed by atoms with E-state index >= 15 is 0 Å². The van der Waals surface area contributed by atoms with Crippen LogP contribution in [0.4, 0.5) is 4.79 Å². The van der Waals surface area contributed by atoms with Crippen molar-refractivity contribution in [1.29, 1.82) is 0 Å². The molecule has 1 aliphatic rings. The molecule has 1 aliphatic carbocycles. The van der Waals surface area contributed by atoms with Crippen molar-refractivity contribution in [2.24, 2.45) is 0 Å². The first-order chi connectivity index (χ1) is 9.10. The van der Waals surface area contributed by atoms with Crippen molar-refractivity contribution in [3.05, 3.63) is 0 Å². The summed E-state index contributed by atoms with van der Waals surface area (Å²) in [6.45, 7) is 10.4. The summed E-state index contributed by atoms with van der Waals surface area (Å²) in [6, 6.07) is 0.448. The third-order valence-electron chi connectivity index (χ3n) is 3.43. The maximum absolute atomic E-state index is 11.7. The quantitative estimate of drug-likeness (QED) is 0.655. The molecule has 20 heavy (non-hydrogen) atoms. The zero-order valence-corrected chi connectivity index (χ0v) is 13.5. The Balaban J connectivity index is 2.16. The molecule has 118 valence electrons. The Hall–Kier alpha value is -0.810. The highest BCUT2D eigenvalue weighted by Gasteiger charge is 2.41. The molecule has 0 aromatic rings. The second-order valence-corrected chi connectivity index (χ2v) is 7.24. The number of aliphatic hydroxyl groups is 1. The van der Waals surface area contributed by atoms with Crippen molar-refractivity contribution in [2.45, 2.75) is 83.6 Å². The van der Waals surface area contributed by atoms with Crippen LogP contribution in [-0.4, -0.2) is 41.0 Å². The average molecular weight is 286 g/mol. The zero-order valence-electron chi connectivity index (χ0n) is 13.5. The van der Waals surface area contributed by atoms with Gasteiger partial charge in [-0.2, -0.15) is 0 Å². The minimum atomic E-state index is -0.456. The fourth-order valence-corrected chi connectivity index (χ4v) is 2.53. The number of nitrogens with one attached hydrogen (secondary N) is 2. The Bertz CT molecular complexity index is 318. The molecule has 3 N–H and O–H groups in total. The van der Waals surface area contributed by atoms with Gasteiger partial charge in [-0.3, -0.25) is 0 Å². The second kappa shape index (κ2) is 6.76.